The second-order valence-corrected chi connectivity index (χ2v) is 18.4. The molecule has 0 fully saturated rings. The topological polar surface area (TPSA) is 86.7 Å². The number of carbonyl (C=O) groups is 4. The Balaban J connectivity index is 0.000000175. The average Bonchev–Trinajstić information content (AvgIpc) is 2.72. The van der Waals surface area contributed by atoms with E-state index in [0.717, 1.165) is 71.0 Å². The summed E-state index contributed by atoms with van der Waals surface area (Å²) >= 11 is 0. The van der Waals surface area contributed by atoms with Gasteiger partial charge in [0, 0.05) is 84.5 Å². The second kappa shape index (κ2) is 9.87. The fourth-order valence-corrected chi connectivity index (χ4v) is 8.74. The minimum absolute atomic E-state index is 0.0712. The SMILES string of the molecule is CC1(C)CC(=O)C2=C(C1)OC1=C(C(=O)CC(C)(C)C1)C2(C)C.CC1(C)CC(=O)C2=C(C1)OC1=C(C(=O)CC(C)(C)C1)C2(C)C. The highest BCUT2D eigenvalue weighted by Gasteiger charge is 2.52. The molecule has 0 aromatic rings. The van der Waals surface area contributed by atoms with E-state index in [1.54, 1.807) is 0 Å². The van der Waals surface area contributed by atoms with Gasteiger partial charge >= 0.3 is 0 Å². The molecule has 0 aromatic carbocycles. The molecule has 4 aliphatic carbocycles. The van der Waals surface area contributed by atoms with E-state index in [9.17, 15) is 19.2 Å². The standard InChI is InChI=1S/2C19H26O3/c2*1-17(2)7-11(20)15-13(9-17)22-14-10-18(3,4)8-12(21)16(14)19(15,5)6/h2*7-10H2,1-6H3. The van der Waals surface area contributed by atoms with E-state index in [-0.39, 0.29) is 44.8 Å². The van der Waals surface area contributed by atoms with E-state index in [0.29, 0.717) is 25.7 Å². The third-order valence-corrected chi connectivity index (χ3v) is 10.3. The number of Topliss-reactive ketones (excluding diaryl/α,β-unsaturated/α-hetero) is 4. The first-order valence-corrected chi connectivity index (χ1v) is 16.3. The number of ether oxygens (including phenoxy) is 2. The number of hydrogen-bond donors (Lipinski definition) is 0. The smallest absolute Gasteiger partial charge is 0.163 e. The van der Waals surface area contributed by atoms with E-state index in [4.69, 9.17) is 9.47 Å². The van der Waals surface area contributed by atoms with Gasteiger partial charge in [-0.25, -0.2) is 0 Å². The molecule has 44 heavy (non-hydrogen) atoms. The van der Waals surface area contributed by atoms with Crippen LogP contribution < -0.4 is 0 Å². The van der Waals surface area contributed by atoms with Crippen molar-refractivity contribution in [3.8, 4) is 0 Å². The summed E-state index contributed by atoms with van der Waals surface area (Å²) in [5.41, 5.74) is 1.61. The lowest BCUT2D eigenvalue weighted by Crippen LogP contribution is -2.42. The molecule has 0 spiro atoms. The van der Waals surface area contributed by atoms with Gasteiger partial charge in [-0.15, -0.1) is 0 Å². The summed E-state index contributed by atoms with van der Waals surface area (Å²) in [6.45, 7) is 24.8. The Morgan fingerprint density at radius 3 is 0.705 bits per heavy atom. The Kier molecular flexibility index (Phi) is 7.32. The molecule has 2 heterocycles. The molecular weight excluding hydrogens is 552 g/mol. The van der Waals surface area contributed by atoms with E-state index in [1.165, 1.54) is 0 Å². The van der Waals surface area contributed by atoms with Gasteiger partial charge in [0.15, 0.2) is 23.1 Å². The van der Waals surface area contributed by atoms with Crippen molar-refractivity contribution >= 4 is 23.1 Å². The zero-order valence-corrected chi connectivity index (χ0v) is 29.1. The molecule has 0 aromatic heterocycles. The van der Waals surface area contributed by atoms with Crippen molar-refractivity contribution in [3.05, 3.63) is 45.3 Å². The van der Waals surface area contributed by atoms with Crippen molar-refractivity contribution in [2.24, 2.45) is 32.5 Å². The summed E-state index contributed by atoms with van der Waals surface area (Å²) in [5, 5.41) is 0. The summed E-state index contributed by atoms with van der Waals surface area (Å²) in [4.78, 5) is 50.8. The molecule has 0 N–H and O–H groups in total. The van der Waals surface area contributed by atoms with Crippen LogP contribution in [0.4, 0.5) is 0 Å². The van der Waals surface area contributed by atoms with E-state index >= 15 is 0 Å². The first-order chi connectivity index (χ1) is 19.9. The van der Waals surface area contributed by atoms with Crippen LogP contribution in [0.2, 0.25) is 0 Å². The van der Waals surface area contributed by atoms with Crippen molar-refractivity contribution < 1.29 is 28.7 Å². The molecule has 0 radical (unpaired) electrons. The number of ketones is 4. The zero-order valence-electron chi connectivity index (χ0n) is 29.1. The molecule has 0 saturated heterocycles. The third kappa shape index (κ3) is 5.60. The van der Waals surface area contributed by atoms with Crippen LogP contribution in [0.1, 0.15) is 134 Å². The lowest BCUT2D eigenvalue weighted by Gasteiger charge is -2.46. The fourth-order valence-electron chi connectivity index (χ4n) is 8.74. The van der Waals surface area contributed by atoms with Gasteiger partial charge in [-0.2, -0.15) is 0 Å². The van der Waals surface area contributed by atoms with Crippen LogP contribution in [0, 0.1) is 32.5 Å². The van der Waals surface area contributed by atoms with Gasteiger partial charge in [0.2, 0.25) is 0 Å². The maximum Gasteiger partial charge on any atom is 0.163 e. The van der Waals surface area contributed by atoms with Crippen molar-refractivity contribution in [1.82, 2.24) is 0 Å². The third-order valence-electron chi connectivity index (χ3n) is 10.3. The highest BCUT2D eigenvalue weighted by Crippen LogP contribution is 2.56. The molecule has 0 amide bonds. The lowest BCUT2D eigenvalue weighted by atomic mass is 9.61. The van der Waals surface area contributed by atoms with Crippen molar-refractivity contribution in [2.75, 3.05) is 0 Å². The van der Waals surface area contributed by atoms with Crippen LogP contribution in [0.15, 0.2) is 45.3 Å². The first-order valence-electron chi connectivity index (χ1n) is 16.3. The highest BCUT2D eigenvalue weighted by atomic mass is 16.5. The van der Waals surface area contributed by atoms with Crippen LogP contribution in [-0.2, 0) is 28.7 Å². The number of allylic oxidation sites excluding steroid dienone is 8. The van der Waals surface area contributed by atoms with E-state index in [2.05, 4.69) is 55.4 Å². The highest BCUT2D eigenvalue weighted by molar-refractivity contribution is 6.06. The number of rotatable bonds is 0. The van der Waals surface area contributed by atoms with Crippen LogP contribution in [0.3, 0.4) is 0 Å². The minimum Gasteiger partial charge on any atom is -0.465 e. The summed E-state index contributed by atoms with van der Waals surface area (Å²) in [5.74, 6) is 3.76. The summed E-state index contributed by atoms with van der Waals surface area (Å²) in [6.07, 6.45) is 5.18. The molecule has 6 rings (SSSR count). The van der Waals surface area contributed by atoms with Gasteiger partial charge < -0.3 is 9.47 Å². The van der Waals surface area contributed by atoms with Gasteiger partial charge in [0.05, 0.1) is 0 Å². The molecule has 6 heteroatoms. The molecule has 0 saturated carbocycles. The van der Waals surface area contributed by atoms with Crippen molar-refractivity contribution in [2.45, 2.75) is 134 Å². The predicted octanol–water partition coefficient (Wildman–Crippen LogP) is 8.66. The maximum absolute atomic E-state index is 12.7. The average molecular weight is 605 g/mol. The normalized spacial score (nSPS) is 29.0. The van der Waals surface area contributed by atoms with Gasteiger partial charge in [0.25, 0.3) is 0 Å². The Bertz CT molecular complexity index is 1290. The largest absolute Gasteiger partial charge is 0.465 e. The zero-order chi connectivity index (χ0) is 33.0. The van der Waals surface area contributed by atoms with Gasteiger partial charge in [-0.3, -0.25) is 19.2 Å². The number of hydrogen-bond acceptors (Lipinski definition) is 6. The van der Waals surface area contributed by atoms with Crippen LogP contribution >= 0.6 is 0 Å². The Morgan fingerprint density at radius 2 is 0.523 bits per heavy atom. The monoisotopic (exact) mass is 604 g/mol. The first kappa shape index (κ1) is 32.6. The van der Waals surface area contributed by atoms with Crippen LogP contribution in [0.25, 0.3) is 0 Å². The molecule has 2 aliphatic heterocycles. The summed E-state index contributed by atoms with van der Waals surface area (Å²) < 4.78 is 12.3. The van der Waals surface area contributed by atoms with Crippen LogP contribution in [0.5, 0.6) is 0 Å². The summed E-state index contributed by atoms with van der Waals surface area (Å²) in [7, 11) is 0. The molecule has 6 nitrogen and oxygen atoms in total. The fraction of sp³-hybridized carbons (Fsp3) is 0.684. The summed E-state index contributed by atoms with van der Waals surface area (Å²) in [6, 6.07) is 0. The Labute approximate surface area is 263 Å². The van der Waals surface area contributed by atoms with Gasteiger partial charge in [-0.05, 0) is 21.7 Å². The number of carbonyl (C=O) groups excluding carboxylic acids is 4. The lowest BCUT2D eigenvalue weighted by molar-refractivity contribution is -0.123. The van der Waals surface area contributed by atoms with Crippen molar-refractivity contribution in [3.63, 3.8) is 0 Å². The van der Waals surface area contributed by atoms with E-state index < -0.39 is 10.8 Å². The Morgan fingerprint density at radius 1 is 0.341 bits per heavy atom. The molecule has 240 valence electrons. The Hall–Kier alpha value is -2.76. The van der Waals surface area contributed by atoms with Gasteiger partial charge in [-0.1, -0.05) is 83.1 Å². The van der Waals surface area contributed by atoms with Crippen LogP contribution in [-0.4, -0.2) is 23.1 Å². The molecular formula is C38H52O6. The molecule has 0 unspecified atom stereocenters. The molecule has 0 bridgehead atoms. The predicted molar refractivity (Wildman–Crippen MR) is 170 cm³/mol. The molecule has 6 aliphatic rings. The maximum atomic E-state index is 12.7. The minimum atomic E-state index is -0.524. The van der Waals surface area contributed by atoms with Crippen molar-refractivity contribution in [1.29, 1.82) is 0 Å². The van der Waals surface area contributed by atoms with E-state index in [1.807, 2.05) is 27.7 Å². The molecule has 0 atom stereocenters. The quantitative estimate of drug-likeness (QED) is 0.275. The van der Waals surface area contributed by atoms with Gasteiger partial charge in [0.1, 0.15) is 23.0 Å². The second-order valence-electron chi connectivity index (χ2n) is 18.4.